The first-order chi connectivity index (χ1) is 12.5. The summed E-state index contributed by atoms with van der Waals surface area (Å²) in [5, 5.41) is 2.94. The van der Waals surface area contributed by atoms with E-state index in [4.69, 9.17) is 4.74 Å². The average Bonchev–Trinajstić information content (AvgIpc) is 3.48. The van der Waals surface area contributed by atoms with E-state index in [1.54, 1.807) is 0 Å². The summed E-state index contributed by atoms with van der Waals surface area (Å²) in [6.45, 7) is 1.76. The molecule has 0 saturated heterocycles. The van der Waals surface area contributed by atoms with Crippen LogP contribution >= 0.6 is 15.9 Å². The van der Waals surface area contributed by atoms with Crippen LogP contribution in [0.25, 0.3) is 0 Å². The zero-order valence-electron chi connectivity index (χ0n) is 14.7. The van der Waals surface area contributed by atoms with E-state index in [9.17, 15) is 9.59 Å². The molecule has 0 aliphatic heterocycles. The van der Waals surface area contributed by atoms with E-state index in [1.807, 2.05) is 61.5 Å². The van der Waals surface area contributed by atoms with Crippen LogP contribution in [0.3, 0.4) is 0 Å². The van der Waals surface area contributed by atoms with Crippen LogP contribution < -0.4 is 5.32 Å². The number of esters is 1. The lowest BCUT2D eigenvalue weighted by Crippen LogP contribution is -2.34. The van der Waals surface area contributed by atoms with E-state index in [1.165, 1.54) is 0 Å². The molecular formula is C21H22BrNO3. The van der Waals surface area contributed by atoms with Crippen LogP contribution in [0.4, 0.5) is 0 Å². The quantitative estimate of drug-likeness (QED) is 0.686. The first kappa shape index (κ1) is 18.6. The van der Waals surface area contributed by atoms with Crippen molar-refractivity contribution >= 4 is 27.8 Å². The Kier molecular flexibility index (Phi) is 5.77. The number of carbonyl (C=O) groups excluding carboxylic acids is 2. The molecule has 0 heterocycles. The van der Waals surface area contributed by atoms with Crippen molar-refractivity contribution in [2.24, 2.45) is 0 Å². The highest BCUT2D eigenvalue weighted by molar-refractivity contribution is 9.10. The normalized spacial score (nSPS) is 15.8. The van der Waals surface area contributed by atoms with Crippen molar-refractivity contribution in [2.75, 3.05) is 6.61 Å². The summed E-state index contributed by atoms with van der Waals surface area (Å²) in [6, 6.07) is 17.4. The molecule has 2 aromatic carbocycles. The molecule has 136 valence electrons. The lowest BCUT2D eigenvalue weighted by Gasteiger charge is -2.19. The fourth-order valence-electron chi connectivity index (χ4n) is 3.11. The number of rotatable bonds is 7. The number of hydrogen-bond donors (Lipinski definition) is 1. The molecule has 4 nitrogen and oxygen atoms in total. The second-order valence-electron chi connectivity index (χ2n) is 6.60. The topological polar surface area (TPSA) is 55.4 Å². The minimum atomic E-state index is -0.558. The summed E-state index contributed by atoms with van der Waals surface area (Å²) >= 11 is 3.41. The maximum Gasteiger partial charge on any atom is 0.317 e. The van der Waals surface area contributed by atoms with Gasteiger partial charge in [-0.1, -0.05) is 65.3 Å². The smallest absolute Gasteiger partial charge is 0.317 e. The van der Waals surface area contributed by atoms with Gasteiger partial charge in [0.1, 0.15) is 0 Å². The molecule has 2 aromatic rings. The van der Waals surface area contributed by atoms with Crippen molar-refractivity contribution < 1.29 is 14.3 Å². The summed E-state index contributed by atoms with van der Waals surface area (Å²) in [4.78, 5) is 24.7. The summed E-state index contributed by atoms with van der Waals surface area (Å²) in [7, 11) is 0. The van der Waals surface area contributed by atoms with Crippen molar-refractivity contribution in [1.29, 1.82) is 0 Å². The number of amides is 1. The van der Waals surface area contributed by atoms with Crippen LogP contribution in [-0.4, -0.2) is 18.5 Å². The Bertz CT molecular complexity index is 770. The Morgan fingerprint density at radius 3 is 2.35 bits per heavy atom. The van der Waals surface area contributed by atoms with Crippen LogP contribution in [-0.2, 0) is 19.7 Å². The predicted octanol–water partition coefficient (Wildman–Crippen LogP) is 4.29. The summed E-state index contributed by atoms with van der Waals surface area (Å²) in [6.07, 6.45) is 2.30. The lowest BCUT2D eigenvalue weighted by molar-refractivity contribution is -0.151. The van der Waals surface area contributed by atoms with Crippen LogP contribution in [0.5, 0.6) is 0 Å². The first-order valence-electron chi connectivity index (χ1n) is 8.83. The number of ether oxygens (including phenoxy) is 1. The second kappa shape index (κ2) is 8.04. The minimum Gasteiger partial charge on any atom is -0.455 e. The molecule has 26 heavy (non-hydrogen) atoms. The second-order valence-corrected chi connectivity index (χ2v) is 7.52. The predicted molar refractivity (Wildman–Crippen MR) is 104 cm³/mol. The highest BCUT2D eigenvalue weighted by Crippen LogP contribution is 2.49. The molecular weight excluding hydrogens is 394 g/mol. The Hall–Kier alpha value is -2.14. The molecule has 1 N–H and O–H groups in total. The van der Waals surface area contributed by atoms with Gasteiger partial charge >= 0.3 is 5.97 Å². The molecule has 1 aliphatic carbocycles. The van der Waals surface area contributed by atoms with Gasteiger partial charge in [-0.3, -0.25) is 9.59 Å². The standard InChI is InChI=1S/C21H22BrNO3/c1-2-18(15-8-10-17(22)11-9-15)23-19(24)14-26-20(25)21(12-13-21)16-6-4-3-5-7-16/h3-11,18H,2,12-14H2,1H3,(H,23,24)/t18-/m0/s1. The summed E-state index contributed by atoms with van der Waals surface area (Å²) < 4.78 is 6.32. The third kappa shape index (κ3) is 4.15. The van der Waals surface area contributed by atoms with Gasteiger partial charge in [-0.25, -0.2) is 0 Å². The van der Waals surface area contributed by atoms with Crippen molar-refractivity contribution in [3.05, 3.63) is 70.2 Å². The van der Waals surface area contributed by atoms with E-state index < -0.39 is 5.41 Å². The number of halogens is 1. The molecule has 0 aromatic heterocycles. The van der Waals surface area contributed by atoms with Gasteiger partial charge in [-0.05, 0) is 42.5 Å². The molecule has 3 rings (SSSR count). The summed E-state index contributed by atoms with van der Waals surface area (Å²) in [5.41, 5.74) is 1.43. The molecule has 1 fully saturated rings. The van der Waals surface area contributed by atoms with Gasteiger partial charge in [0, 0.05) is 4.47 Å². The number of hydrogen-bond acceptors (Lipinski definition) is 3. The van der Waals surface area contributed by atoms with Gasteiger partial charge in [0.15, 0.2) is 6.61 Å². The van der Waals surface area contributed by atoms with Crippen molar-refractivity contribution in [3.8, 4) is 0 Å². The number of nitrogens with one attached hydrogen (secondary N) is 1. The first-order valence-corrected chi connectivity index (χ1v) is 9.62. The largest absolute Gasteiger partial charge is 0.455 e. The molecule has 1 aliphatic rings. The molecule has 0 radical (unpaired) electrons. The maximum absolute atomic E-state index is 12.5. The van der Waals surface area contributed by atoms with Gasteiger partial charge in [0.25, 0.3) is 5.91 Å². The molecule has 1 amide bonds. The monoisotopic (exact) mass is 415 g/mol. The van der Waals surface area contributed by atoms with E-state index in [0.29, 0.717) is 0 Å². The third-order valence-electron chi connectivity index (χ3n) is 4.82. The Morgan fingerprint density at radius 1 is 1.12 bits per heavy atom. The zero-order valence-corrected chi connectivity index (χ0v) is 16.3. The average molecular weight is 416 g/mol. The van der Waals surface area contributed by atoms with Crippen LogP contribution in [0.2, 0.25) is 0 Å². The van der Waals surface area contributed by atoms with E-state index in [0.717, 1.165) is 34.9 Å². The van der Waals surface area contributed by atoms with Crippen LogP contribution in [0.15, 0.2) is 59.1 Å². The Morgan fingerprint density at radius 2 is 1.77 bits per heavy atom. The van der Waals surface area contributed by atoms with Crippen LogP contribution in [0.1, 0.15) is 43.4 Å². The van der Waals surface area contributed by atoms with Crippen LogP contribution in [0, 0.1) is 0 Å². The van der Waals surface area contributed by atoms with Crippen molar-refractivity contribution in [1.82, 2.24) is 5.32 Å². The Balaban J connectivity index is 1.55. The fraction of sp³-hybridized carbons (Fsp3) is 0.333. The maximum atomic E-state index is 12.5. The summed E-state index contributed by atoms with van der Waals surface area (Å²) in [5.74, 6) is -0.590. The van der Waals surface area contributed by atoms with Gasteiger partial charge in [-0.2, -0.15) is 0 Å². The minimum absolute atomic E-state index is 0.0988. The van der Waals surface area contributed by atoms with Crippen molar-refractivity contribution in [3.63, 3.8) is 0 Å². The molecule has 1 saturated carbocycles. The SMILES string of the molecule is CC[C@H](NC(=O)COC(=O)C1(c2ccccc2)CC1)c1ccc(Br)cc1. The highest BCUT2D eigenvalue weighted by Gasteiger charge is 2.52. The highest BCUT2D eigenvalue weighted by atomic mass is 79.9. The third-order valence-corrected chi connectivity index (χ3v) is 5.35. The van der Waals surface area contributed by atoms with E-state index in [-0.39, 0.29) is 24.5 Å². The molecule has 0 unspecified atom stereocenters. The van der Waals surface area contributed by atoms with Gasteiger partial charge in [-0.15, -0.1) is 0 Å². The molecule has 0 bridgehead atoms. The Labute approximate surface area is 162 Å². The number of carbonyl (C=O) groups is 2. The molecule has 1 atom stereocenters. The molecule has 0 spiro atoms. The lowest BCUT2D eigenvalue weighted by atomic mass is 9.96. The van der Waals surface area contributed by atoms with Gasteiger partial charge in [0.2, 0.25) is 0 Å². The van der Waals surface area contributed by atoms with Crippen molar-refractivity contribution in [2.45, 2.75) is 37.6 Å². The van der Waals surface area contributed by atoms with E-state index >= 15 is 0 Å². The van der Waals surface area contributed by atoms with E-state index in [2.05, 4.69) is 21.2 Å². The number of benzene rings is 2. The van der Waals surface area contributed by atoms with Gasteiger partial charge < -0.3 is 10.1 Å². The fourth-order valence-corrected chi connectivity index (χ4v) is 3.38. The molecule has 5 heteroatoms. The zero-order chi connectivity index (χ0) is 18.6. The van der Waals surface area contributed by atoms with Gasteiger partial charge in [0.05, 0.1) is 11.5 Å².